The molecule has 0 fully saturated rings. The van der Waals surface area contributed by atoms with Gasteiger partial charge in [-0.2, -0.15) is 0 Å². The molecule has 4 rings (SSSR count). The summed E-state index contributed by atoms with van der Waals surface area (Å²) in [6.07, 6.45) is 7.53. The minimum Gasteiger partial charge on any atom is -0.512 e. The van der Waals surface area contributed by atoms with Crippen molar-refractivity contribution in [2.75, 3.05) is 0 Å². The third-order valence-electron chi connectivity index (χ3n) is 8.49. The van der Waals surface area contributed by atoms with Crippen LogP contribution in [0.4, 0.5) is 0 Å². The van der Waals surface area contributed by atoms with Crippen LogP contribution in [-0.2, 0) is 36.9 Å². The number of nitrogens with zero attached hydrogens (tertiary/aromatic N) is 3. The molecule has 0 atom stereocenters. The molecule has 4 aromatic rings. The molecule has 46 heavy (non-hydrogen) atoms. The van der Waals surface area contributed by atoms with E-state index in [0.717, 1.165) is 70.6 Å². The second-order valence-electron chi connectivity index (χ2n) is 13.6. The predicted octanol–water partition coefficient (Wildman–Crippen LogP) is 10.9. The molecule has 0 aliphatic rings. The van der Waals surface area contributed by atoms with Crippen molar-refractivity contribution in [1.82, 2.24) is 9.97 Å². The standard InChI is InChI=1S/C27H26N3.C13H24O2.Ir/c1-26(2,3)16-18-11-12-22-24(13-18)29-17-30-25(22)20-14-19-9-7-8-10-21(19)23(15-20)27(4,5)28-6;1-5-10(6-2)12(14)9-13(15)11(7-3)8-4;/h7-13,15,17H,16H2,1-5H3;9-11,14H,5-8H2,1-4H3;/q-1;;/b;12-9-;. The second kappa shape index (κ2) is 17.0. The van der Waals surface area contributed by atoms with Crippen molar-refractivity contribution in [1.29, 1.82) is 0 Å². The van der Waals surface area contributed by atoms with Gasteiger partial charge in [-0.25, -0.2) is 11.6 Å². The van der Waals surface area contributed by atoms with E-state index < -0.39 is 5.54 Å². The van der Waals surface area contributed by atoms with Crippen molar-refractivity contribution in [3.63, 3.8) is 0 Å². The van der Waals surface area contributed by atoms with E-state index in [1.54, 1.807) is 6.33 Å². The Labute approximate surface area is 290 Å². The Kier molecular flexibility index (Phi) is 14.3. The van der Waals surface area contributed by atoms with Gasteiger partial charge in [0.25, 0.3) is 0 Å². The zero-order valence-electron chi connectivity index (χ0n) is 29.0. The van der Waals surface area contributed by atoms with Gasteiger partial charge >= 0.3 is 0 Å². The van der Waals surface area contributed by atoms with E-state index in [9.17, 15) is 9.90 Å². The van der Waals surface area contributed by atoms with Crippen LogP contribution in [0.25, 0.3) is 37.8 Å². The first-order valence-corrected chi connectivity index (χ1v) is 16.3. The summed E-state index contributed by atoms with van der Waals surface area (Å²) < 4.78 is 0. The molecule has 0 saturated heterocycles. The van der Waals surface area contributed by atoms with Gasteiger partial charge in [0.05, 0.1) is 11.3 Å². The number of rotatable bonds is 10. The SMILES string of the molecule is CCC(CC)C(=O)/C=C(\O)C(CC)CC.[C-]#[N+]C(C)(C)c1cc(-c2ncnc3cc(CC(C)(C)C)ccc23)[c-]c2ccccc12.[Ir]. The van der Waals surface area contributed by atoms with Gasteiger partial charge in [0.15, 0.2) is 5.78 Å². The summed E-state index contributed by atoms with van der Waals surface area (Å²) in [4.78, 5) is 24.8. The Morgan fingerprint density at radius 1 is 0.913 bits per heavy atom. The Morgan fingerprint density at radius 3 is 2.13 bits per heavy atom. The molecular formula is C40H50IrN3O2-. The van der Waals surface area contributed by atoms with Crippen LogP contribution in [0.2, 0.25) is 0 Å². The Hall–Kier alpha value is -3.39. The van der Waals surface area contributed by atoms with Crippen LogP contribution in [0.1, 0.15) is 99.1 Å². The smallest absolute Gasteiger partial charge is 0.239 e. The molecule has 1 heterocycles. The Balaban J connectivity index is 0.000000394. The first kappa shape index (κ1) is 38.8. The molecule has 0 bridgehead atoms. The van der Waals surface area contributed by atoms with Crippen molar-refractivity contribution in [3.05, 3.63) is 95.3 Å². The van der Waals surface area contributed by atoms with Crippen LogP contribution in [-0.4, -0.2) is 20.9 Å². The van der Waals surface area contributed by atoms with E-state index >= 15 is 0 Å². The van der Waals surface area contributed by atoms with Crippen LogP contribution in [0, 0.1) is 29.9 Å². The zero-order valence-corrected chi connectivity index (χ0v) is 31.4. The minimum absolute atomic E-state index is 0. The fourth-order valence-electron chi connectivity index (χ4n) is 5.74. The second-order valence-corrected chi connectivity index (χ2v) is 13.6. The number of aliphatic hydroxyl groups is 1. The van der Waals surface area contributed by atoms with Gasteiger partial charge < -0.3 is 9.95 Å². The topological polar surface area (TPSA) is 67.4 Å². The monoisotopic (exact) mass is 797 g/mol. The molecule has 5 nitrogen and oxygen atoms in total. The van der Waals surface area contributed by atoms with E-state index in [1.807, 2.05) is 59.7 Å². The molecule has 0 aliphatic carbocycles. The quantitative estimate of drug-likeness (QED) is 0.0986. The largest absolute Gasteiger partial charge is 0.512 e. The van der Waals surface area contributed by atoms with Gasteiger partial charge in [-0.3, -0.25) is 9.78 Å². The number of carbonyl (C=O) groups is 1. The number of benzene rings is 3. The number of aromatic nitrogens is 2. The van der Waals surface area contributed by atoms with Crippen molar-refractivity contribution in [2.45, 2.75) is 100.0 Å². The summed E-state index contributed by atoms with van der Waals surface area (Å²) in [6.45, 7) is 26.4. The first-order valence-electron chi connectivity index (χ1n) is 16.3. The molecule has 0 unspecified atom stereocenters. The van der Waals surface area contributed by atoms with Crippen molar-refractivity contribution in [2.24, 2.45) is 17.3 Å². The van der Waals surface area contributed by atoms with Gasteiger partial charge in [0, 0.05) is 57.6 Å². The van der Waals surface area contributed by atoms with Gasteiger partial charge in [-0.1, -0.05) is 89.7 Å². The average Bonchev–Trinajstić information content (AvgIpc) is 3.00. The molecule has 0 saturated carbocycles. The minimum atomic E-state index is -0.633. The maximum atomic E-state index is 11.7. The van der Waals surface area contributed by atoms with Crippen molar-refractivity contribution >= 4 is 27.5 Å². The maximum absolute atomic E-state index is 11.7. The van der Waals surface area contributed by atoms with E-state index in [4.69, 9.17) is 6.57 Å². The van der Waals surface area contributed by atoms with Crippen LogP contribution in [0.15, 0.2) is 66.7 Å². The molecule has 6 heteroatoms. The summed E-state index contributed by atoms with van der Waals surface area (Å²) in [5.41, 5.74) is 4.55. The number of fused-ring (bicyclic) bond motifs is 2. The molecule has 1 radical (unpaired) electrons. The Bertz CT molecular complexity index is 1690. The zero-order chi connectivity index (χ0) is 33.4. The van der Waals surface area contributed by atoms with Gasteiger partial charge in [-0.15, -0.1) is 23.6 Å². The number of hydrogen-bond acceptors (Lipinski definition) is 4. The van der Waals surface area contributed by atoms with Gasteiger partial charge in [0.1, 0.15) is 6.33 Å². The predicted molar refractivity (Wildman–Crippen MR) is 188 cm³/mol. The number of allylic oxidation sites excluding steroid dienone is 2. The molecule has 0 spiro atoms. The molecule has 247 valence electrons. The molecule has 1 aromatic heterocycles. The molecule has 0 aliphatic heterocycles. The summed E-state index contributed by atoms with van der Waals surface area (Å²) >= 11 is 0. The fourth-order valence-corrected chi connectivity index (χ4v) is 5.74. The van der Waals surface area contributed by atoms with E-state index in [2.05, 4.69) is 72.0 Å². The average molecular weight is 797 g/mol. The number of aliphatic hydroxyl groups excluding tert-OH is 1. The third-order valence-corrected chi connectivity index (χ3v) is 8.49. The van der Waals surface area contributed by atoms with Crippen LogP contribution >= 0.6 is 0 Å². The summed E-state index contributed by atoms with van der Waals surface area (Å²) in [5, 5.41) is 12.8. The molecular weight excluding hydrogens is 747 g/mol. The number of carbonyl (C=O) groups excluding carboxylic acids is 1. The van der Waals surface area contributed by atoms with E-state index in [-0.39, 0.29) is 48.9 Å². The number of ketones is 1. The van der Waals surface area contributed by atoms with Gasteiger partial charge in [0.2, 0.25) is 5.54 Å². The van der Waals surface area contributed by atoms with Gasteiger partial charge in [-0.05, 0) is 60.1 Å². The molecule has 0 amide bonds. The van der Waals surface area contributed by atoms with Crippen LogP contribution in [0.3, 0.4) is 0 Å². The van der Waals surface area contributed by atoms with Crippen molar-refractivity contribution < 1.29 is 30.0 Å². The summed E-state index contributed by atoms with van der Waals surface area (Å²) in [6, 6.07) is 20.2. The van der Waals surface area contributed by atoms with E-state index in [0.29, 0.717) is 0 Å². The van der Waals surface area contributed by atoms with Crippen molar-refractivity contribution in [3.8, 4) is 11.3 Å². The fraction of sp³-hybridized carbons (Fsp3) is 0.450. The third kappa shape index (κ3) is 9.81. The van der Waals surface area contributed by atoms with Crippen LogP contribution in [0.5, 0.6) is 0 Å². The summed E-state index contributed by atoms with van der Waals surface area (Å²) in [5.74, 6) is 0.547. The first-order chi connectivity index (χ1) is 21.3. The summed E-state index contributed by atoms with van der Waals surface area (Å²) in [7, 11) is 0. The van der Waals surface area contributed by atoms with Crippen LogP contribution < -0.4 is 0 Å². The normalized spacial score (nSPS) is 12.1. The number of hydrogen-bond donors (Lipinski definition) is 1. The van der Waals surface area contributed by atoms with E-state index in [1.165, 1.54) is 11.6 Å². The Morgan fingerprint density at radius 2 is 1.54 bits per heavy atom. The molecule has 1 N–H and O–H groups in total. The maximum Gasteiger partial charge on any atom is 0.239 e. The molecule has 3 aromatic carbocycles.